The number of hydrogen-bond acceptors (Lipinski definition) is 1. The fourth-order valence-electron chi connectivity index (χ4n) is 1.08. The SMILES string of the molecule is [CH2]C(C)(C)CCN=Cc1ccccc1.[H+]. The van der Waals surface area contributed by atoms with Crippen molar-refractivity contribution < 1.29 is 1.43 Å². The molecule has 1 aromatic rings. The van der Waals surface area contributed by atoms with Crippen molar-refractivity contribution in [2.24, 2.45) is 10.4 Å². The van der Waals surface area contributed by atoms with Crippen LogP contribution in [-0.4, -0.2) is 12.8 Å². The number of benzene rings is 1. The van der Waals surface area contributed by atoms with E-state index < -0.39 is 0 Å². The van der Waals surface area contributed by atoms with Crippen LogP contribution in [0.25, 0.3) is 0 Å². The molecule has 0 amide bonds. The van der Waals surface area contributed by atoms with Gasteiger partial charge in [0.25, 0.3) is 0 Å². The molecule has 0 aliphatic heterocycles. The summed E-state index contributed by atoms with van der Waals surface area (Å²) in [6, 6.07) is 10.2. The molecule has 0 saturated heterocycles. The number of hydrogen-bond donors (Lipinski definition) is 0. The summed E-state index contributed by atoms with van der Waals surface area (Å²) in [4.78, 5) is 4.36. The molecule has 0 heterocycles. The molecule has 75 valence electrons. The first-order valence-corrected chi connectivity index (χ1v) is 4.98. The van der Waals surface area contributed by atoms with Crippen molar-refractivity contribution in [2.75, 3.05) is 6.54 Å². The maximum atomic E-state index is 4.36. The molecule has 0 saturated carbocycles. The molecule has 1 aromatic carbocycles. The summed E-state index contributed by atoms with van der Waals surface area (Å²) in [7, 11) is 0. The minimum atomic E-state index is 0. The standard InChI is InChI=1S/C13H18N/c1-13(2,3)9-10-14-11-12-7-5-4-6-8-12/h4-8,11H,1,9-10H2,2-3H3/p+1. The van der Waals surface area contributed by atoms with E-state index >= 15 is 0 Å². The van der Waals surface area contributed by atoms with E-state index in [1.807, 2.05) is 24.4 Å². The zero-order valence-corrected chi connectivity index (χ0v) is 9.03. The summed E-state index contributed by atoms with van der Waals surface area (Å²) in [5, 5.41) is 0. The summed E-state index contributed by atoms with van der Waals surface area (Å²) in [6.45, 7) is 9.15. The minimum Gasteiger partial charge on any atom is -0.293 e. The molecule has 1 nitrogen and oxygen atoms in total. The lowest BCUT2D eigenvalue weighted by Crippen LogP contribution is -2.06. The Labute approximate surface area is 88.4 Å². The first-order valence-electron chi connectivity index (χ1n) is 4.98. The first kappa shape index (κ1) is 11.0. The number of aliphatic imine (C=N–C) groups is 1. The van der Waals surface area contributed by atoms with Crippen molar-refractivity contribution in [1.82, 2.24) is 0 Å². The summed E-state index contributed by atoms with van der Waals surface area (Å²) < 4.78 is 0. The van der Waals surface area contributed by atoms with Crippen molar-refractivity contribution in [3.8, 4) is 0 Å². The number of nitrogens with zero attached hydrogens (tertiary/aromatic N) is 1. The fraction of sp³-hybridized carbons (Fsp3) is 0.385. The first-order chi connectivity index (χ1) is 6.58. The van der Waals surface area contributed by atoms with Gasteiger partial charge in [0.15, 0.2) is 0 Å². The molecule has 1 radical (unpaired) electrons. The van der Waals surface area contributed by atoms with E-state index in [9.17, 15) is 0 Å². The van der Waals surface area contributed by atoms with Crippen LogP contribution in [-0.2, 0) is 0 Å². The highest BCUT2D eigenvalue weighted by Crippen LogP contribution is 2.17. The van der Waals surface area contributed by atoms with Crippen LogP contribution < -0.4 is 0 Å². The maximum absolute atomic E-state index is 4.36. The van der Waals surface area contributed by atoms with Crippen molar-refractivity contribution >= 4 is 6.21 Å². The Kier molecular flexibility index (Phi) is 3.87. The Morgan fingerprint density at radius 1 is 1.36 bits per heavy atom. The lowest BCUT2D eigenvalue weighted by Gasteiger charge is -2.15. The molecule has 14 heavy (non-hydrogen) atoms. The van der Waals surface area contributed by atoms with Crippen LogP contribution in [0, 0.1) is 12.3 Å². The average molecular weight is 189 g/mol. The topological polar surface area (TPSA) is 12.4 Å². The van der Waals surface area contributed by atoms with Gasteiger partial charge in [0.1, 0.15) is 0 Å². The summed E-state index contributed by atoms with van der Waals surface area (Å²) in [5.74, 6) is 0. The van der Waals surface area contributed by atoms with Crippen LogP contribution in [0.3, 0.4) is 0 Å². The number of rotatable bonds is 4. The zero-order valence-electron chi connectivity index (χ0n) is 10.0. The van der Waals surface area contributed by atoms with Gasteiger partial charge in [-0.3, -0.25) is 4.99 Å². The van der Waals surface area contributed by atoms with Crippen LogP contribution in [0.5, 0.6) is 0 Å². The van der Waals surface area contributed by atoms with E-state index in [4.69, 9.17) is 0 Å². The maximum Gasteiger partial charge on any atom is 1.00 e. The second-order valence-electron chi connectivity index (χ2n) is 4.36. The molecule has 0 aliphatic rings. The van der Waals surface area contributed by atoms with Crippen LogP contribution in [0.15, 0.2) is 35.3 Å². The second kappa shape index (κ2) is 4.94. The van der Waals surface area contributed by atoms with Crippen LogP contribution in [0.2, 0.25) is 0 Å². The van der Waals surface area contributed by atoms with E-state index in [1.165, 1.54) is 0 Å². The van der Waals surface area contributed by atoms with Crippen molar-refractivity contribution in [3.05, 3.63) is 42.8 Å². The molecule has 0 N–H and O–H groups in total. The van der Waals surface area contributed by atoms with E-state index in [1.54, 1.807) is 0 Å². The quantitative estimate of drug-likeness (QED) is 0.643. The molecule has 0 bridgehead atoms. The van der Waals surface area contributed by atoms with Gasteiger partial charge in [-0.1, -0.05) is 44.2 Å². The lowest BCUT2D eigenvalue weighted by atomic mass is 9.92. The summed E-state index contributed by atoms with van der Waals surface area (Å²) >= 11 is 0. The third-order valence-electron chi connectivity index (χ3n) is 1.96. The molecule has 0 atom stereocenters. The van der Waals surface area contributed by atoms with Gasteiger partial charge < -0.3 is 0 Å². The van der Waals surface area contributed by atoms with Crippen LogP contribution in [0.1, 0.15) is 27.3 Å². The molecule has 1 heteroatoms. The average Bonchev–Trinajstić information content (AvgIpc) is 2.13. The predicted molar refractivity (Wildman–Crippen MR) is 63.8 cm³/mol. The largest absolute Gasteiger partial charge is 1.00 e. The van der Waals surface area contributed by atoms with Crippen LogP contribution in [0.4, 0.5) is 0 Å². The van der Waals surface area contributed by atoms with Gasteiger partial charge in [-0.2, -0.15) is 0 Å². The van der Waals surface area contributed by atoms with E-state index in [2.05, 4.69) is 37.9 Å². The zero-order chi connectivity index (χ0) is 10.4. The highest BCUT2D eigenvalue weighted by Gasteiger charge is 2.07. The van der Waals surface area contributed by atoms with Gasteiger partial charge in [-0.15, -0.1) is 0 Å². The third-order valence-corrected chi connectivity index (χ3v) is 1.96. The Hall–Kier alpha value is -1.11. The molecule has 0 unspecified atom stereocenters. The highest BCUT2D eigenvalue weighted by atomic mass is 14.7. The Morgan fingerprint density at radius 3 is 2.57 bits per heavy atom. The predicted octanol–water partition coefficient (Wildman–Crippen LogP) is 3.47. The molecular weight excluding hydrogens is 170 g/mol. The van der Waals surface area contributed by atoms with E-state index in [0.29, 0.717) is 0 Å². The highest BCUT2D eigenvalue weighted by molar-refractivity contribution is 5.79. The fourth-order valence-corrected chi connectivity index (χ4v) is 1.08. The Bertz CT molecular complexity index is 285. The van der Waals surface area contributed by atoms with E-state index in [0.717, 1.165) is 18.5 Å². The minimum absolute atomic E-state index is 0. The second-order valence-corrected chi connectivity index (χ2v) is 4.36. The van der Waals surface area contributed by atoms with Crippen molar-refractivity contribution in [1.29, 1.82) is 0 Å². The Balaban J connectivity index is 0.00000196. The van der Waals surface area contributed by atoms with Gasteiger partial charge in [0.05, 0.1) is 0 Å². The summed E-state index contributed by atoms with van der Waals surface area (Å²) in [5.41, 5.74) is 1.29. The van der Waals surface area contributed by atoms with Gasteiger partial charge in [0.2, 0.25) is 0 Å². The molecule has 0 spiro atoms. The lowest BCUT2D eigenvalue weighted by molar-refractivity contribution is 0.442. The van der Waals surface area contributed by atoms with Gasteiger partial charge in [0, 0.05) is 12.8 Å². The smallest absolute Gasteiger partial charge is 0.293 e. The van der Waals surface area contributed by atoms with Gasteiger partial charge in [-0.25, -0.2) is 0 Å². The summed E-state index contributed by atoms with van der Waals surface area (Å²) in [6.07, 6.45) is 2.95. The normalized spacial score (nSPS) is 12.2. The van der Waals surface area contributed by atoms with Gasteiger partial charge in [-0.05, 0) is 24.3 Å². The van der Waals surface area contributed by atoms with E-state index in [-0.39, 0.29) is 6.84 Å². The molecule has 0 aliphatic carbocycles. The Morgan fingerprint density at radius 2 is 2.00 bits per heavy atom. The third kappa shape index (κ3) is 4.80. The van der Waals surface area contributed by atoms with Crippen molar-refractivity contribution in [3.63, 3.8) is 0 Å². The molecule has 1 rings (SSSR count). The van der Waals surface area contributed by atoms with Crippen LogP contribution >= 0.6 is 0 Å². The molecular formula is C13H19N+. The van der Waals surface area contributed by atoms with Crippen molar-refractivity contribution in [2.45, 2.75) is 20.3 Å². The molecule has 0 aromatic heterocycles. The monoisotopic (exact) mass is 189 g/mol. The molecule has 0 fully saturated rings. The van der Waals surface area contributed by atoms with Gasteiger partial charge >= 0.3 is 1.43 Å².